The zero-order chi connectivity index (χ0) is 17.9. The van der Waals surface area contributed by atoms with Crippen LogP contribution in [0, 0.1) is 17.7 Å². The van der Waals surface area contributed by atoms with Gasteiger partial charge in [-0.2, -0.15) is 0 Å². The molecule has 1 aliphatic heterocycles. The molecule has 1 aromatic heterocycles. The zero-order valence-corrected chi connectivity index (χ0v) is 14.7. The first-order valence-electron chi connectivity index (χ1n) is 7.94. The van der Waals surface area contributed by atoms with E-state index in [9.17, 15) is 4.79 Å². The highest BCUT2D eigenvalue weighted by Crippen LogP contribution is 2.31. The normalized spacial score (nSPS) is 16.9. The second kappa shape index (κ2) is 6.86. The SMILES string of the molecule is C=C(N/C(=C/NC)C(=N)N1CCC(C)(C)C1=O)c1cccc(C)n1. The lowest BCUT2D eigenvalue weighted by molar-refractivity contribution is -0.131. The Kier molecular flexibility index (Phi) is 5.07. The minimum atomic E-state index is -0.424. The zero-order valence-electron chi connectivity index (χ0n) is 14.7. The highest BCUT2D eigenvalue weighted by Gasteiger charge is 2.41. The summed E-state index contributed by atoms with van der Waals surface area (Å²) in [5, 5.41) is 14.4. The molecule has 2 rings (SSSR count). The number of likely N-dealkylation sites (tertiary alicyclic amines) is 1. The van der Waals surface area contributed by atoms with Gasteiger partial charge in [-0.25, -0.2) is 0 Å². The molecule has 0 aromatic carbocycles. The minimum Gasteiger partial charge on any atom is -0.392 e. The van der Waals surface area contributed by atoms with Crippen molar-refractivity contribution in [1.82, 2.24) is 20.5 Å². The Morgan fingerprint density at radius 2 is 2.17 bits per heavy atom. The number of aromatic nitrogens is 1. The Morgan fingerprint density at radius 3 is 2.71 bits per heavy atom. The van der Waals surface area contributed by atoms with Crippen LogP contribution in [0.3, 0.4) is 0 Å². The lowest BCUT2D eigenvalue weighted by Crippen LogP contribution is -2.39. The van der Waals surface area contributed by atoms with E-state index >= 15 is 0 Å². The van der Waals surface area contributed by atoms with Crippen LogP contribution in [-0.2, 0) is 4.79 Å². The van der Waals surface area contributed by atoms with Gasteiger partial charge in [-0.1, -0.05) is 26.5 Å². The van der Waals surface area contributed by atoms with Gasteiger partial charge in [0.15, 0.2) is 5.84 Å². The molecule has 24 heavy (non-hydrogen) atoms. The average Bonchev–Trinajstić information content (AvgIpc) is 2.80. The van der Waals surface area contributed by atoms with Gasteiger partial charge in [0.2, 0.25) is 5.91 Å². The molecule has 1 fully saturated rings. The molecule has 0 radical (unpaired) electrons. The number of rotatable bonds is 5. The predicted molar refractivity (Wildman–Crippen MR) is 96.1 cm³/mol. The van der Waals surface area contributed by atoms with E-state index < -0.39 is 5.41 Å². The molecule has 1 saturated heterocycles. The fourth-order valence-corrected chi connectivity index (χ4v) is 2.57. The van der Waals surface area contributed by atoms with Crippen molar-refractivity contribution < 1.29 is 4.79 Å². The number of amidine groups is 1. The predicted octanol–water partition coefficient (Wildman–Crippen LogP) is 2.25. The first kappa shape index (κ1) is 17.7. The smallest absolute Gasteiger partial charge is 0.233 e. The number of pyridine rings is 1. The summed E-state index contributed by atoms with van der Waals surface area (Å²) in [7, 11) is 1.75. The molecule has 2 heterocycles. The number of hydrogen-bond acceptors (Lipinski definition) is 5. The highest BCUT2D eigenvalue weighted by molar-refractivity contribution is 6.08. The topological polar surface area (TPSA) is 81.1 Å². The number of hydrogen-bond donors (Lipinski definition) is 3. The molecule has 3 N–H and O–H groups in total. The molecule has 1 aliphatic rings. The van der Waals surface area contributed by atoms with E-state index in [-0.39, 0.29) is 11.7 Å². The molecule has 0 aliphatic carbocycles. The van der Waals surface area contributed by atoms with Crippen molar-refractivity contribution in [2.24, 2.45) is 5.41 Å². The summed E-state index contributed by atoms with van der Waals surface area (Å²) in [6, 6.07) is 5.67. The Hall–Kier alpha value is -2.63. The molecular weight excluding hydrogens is 302 g/mol. The lowest BCUT2D eigenvalue weighted by atomic mass is 9.92. The molecule has 0 atom stereocenters. The molecule has 1 aromatic rings. The first-order chi connectivity index (χ1) is 11.3. The average molecular weight is 327 g/mol. The van der Waals surface area contributed by atoms with Gasteiger partial charge in [0.25, 0.3) is 0 Å². The van der Waals surface area contributed by atoms with Gasteiger partial charge in [0.05, 0.1) is 17.1 Å². The van der Waals surface area contributed by atoms with Crippen LogP contribution < -0.4 is 10.6 Å². The Labute approximate surface area is 143 Å². The van der Waals surface area contributed by atoms with Crippen molar-refractivity contribution in [1.29, 1.82) is 5.41 Å². The van der Waals surface area contributed by atoms with Gasteiger partial charge in [-0.15, -0.1) is 0 Å². The molecule has 1 amide bonds. The van der Waals surface area contributed by atoms with Crippen molar-refractivity contribution in [3.8, 4) is 0 Å². The molecule has 0 spiro atoms. The molecule has 0 saturated carbocycles. The fourth-order valence-electron chi connectivity index (χ4n) is 2.57. The first-order valence-corrected chi connectivity index (χ1v) is 7.94. The van der Waals surface area contributed by atoms with Crippen molar-refractivity contribution >= 4 is 17.4 Å². The van der Waals surface area contributed by atoms with E-state index in [1.807, 2.05) is 39.0 Å². The third kappa shape index (κ3) is 3.64. The number of carbonyl (C=O) groups is 1. The van der Waals surface area contributed by atoms with Crippen molar-refractivity contribution in [2.75, 3.05) is 13.6 Å². The van der Waals surface area contributed by atoms with E-state index in [2.05, 4.69) is 22.2 Å². The van der Waals surface area contributed by atoms with Crippen LogP contribution >= 0.6 is 0 Å². The van der Waals surface area contributed by atoms with Crippen LogP contribution in [-0.4, -0.2) is 35.2 Å². The summed E-state index contributed by atoms with van der Waals surface area (Å²) in [5.74, 6) is 0.101. The third-order valence-electron chi connectivity index (χ3n) is 4.08. The van der Waals surface area contributed by atoms with E-state index in [1.165, 1.54) is 4.90 Å². The van der Waals surface area contributed by atoms with Gasteiger partial charge in [0.1, 0.15) is 0 Å². The standard InChI is InChI=1S/C18H25N5O/c1-12-7-6-8-14(21-12)13(2)22-15(11-20-5)16(19)23-10-9-18(3,4)17(23)24/h6-8,11,19-20,22H,2,9-10H2,1,3-5H3/b15-11+,19-16?. The van der Waals surface area contributed by atoms with Crippen molar-refractivity contribution in [3.63, 3.8) is 0 Å². The highest BCUT2D eigenvalue weighted by atomic mass is 16.2. The summed E-state index contributed by atoms with van der Waals surface area (Å²) in [6.45, 7) is 10.3. The van der Waals surface area contributed by atoms with Crippen molar-refractivity contribution in [3.05, 3.63) is 48.1 Å². The van der Waals surface area contributed by atoms with Gasteiger partial charge >= 0.3 is 0 Å². The Bertz CT molecular complexity index is 705. The summed E-state index contributed by atoms with van der Waals surface area (Å²) < 4.78 is 0. The number of carbonyl (C=O) groups excluding carboxylic acids is 1. The Balaban J connectivity index is 2.18. The van der Waals surface area contributed by atoms with Crippen LogP contribution in [0.5, 0.6) is 0 Å². The van der Waals surface area contributed by atoms with E-state index in [0.717, 1.165) is 12.1 Å². The minimum absolute atomic E-state index is 0.0319. The van der Waals surface area contributed by atoms with Gasteiger partial charge in [-0.05, 0) is 25.5 Å². The molecule has 0 bridgehead atoms. The lowest BCUT2D eigenvalue weighted by Gasteiger charge is -2.23. The summed E-state index contributed by atoms with van der Waals surface area (Å²) in [4.78, 5) is 18.4. The summed E-state index contributed by atoms with van der Waals surface area (Å²) >= 11 is 0. The molecule has 6 nitrogen and oxygen atoms in total. The monoisotopic (exact) mass is 327 g/mol. The molecule has 6 heteroatoms. The number of nitrogens with zero attached hydrogens (tertiary/aromatic N) is 2. The maximum absolute atomic E-state index is 12.5. The van der Waals surface area contributed by atoms with Crippen LogP contribution in [0.2, 0.25) is 0 Å². The quantitative estimate of drug-likeness (QED) is 0.572. The molecule has 0 unspecified atom stereocenters. The van der Waals surface area contributed by atoms with E-state index in [0.29, 0.717) is 23.6 Å². The van der Waals surface area contributed by atoms with Gasteiger partial charge in [0, 0.05) is 30.9 Å². The van der Waals surface area contributed by atoms with Gasteiger partial charge < -0.3 is 10.6 Å². The maximum atomic E-state index is 12.5. The molecular formula is C18H25N5O. The maximum Gasteiger partial charge on any atom is 0.233 e. The molecule has 128 valence electrons. The third-order valence-corrected chi connectivity index (χ3v) is 4.08. The van der Waals surface area contributed by atoms with E-state index in [1.54, 1.807) is 13.2 Å². The number of aryl methyl sites for hydroxylation is 1. The Morgan fingerprint density at radius 1 is 1.46 bits per heavy atom. The second-order valence-electron chi connectivity index (χ2n) is 6.55. The fraction of sp³-hybridized carbons (Fsp3) is 0.389. The van der Waals surface area contributed by atoms with Crippen LogP contribution in [0.4, 0.5) is 0 Å². The van der Waals surface area contributed by atoms with E-state index in [4.69, 9.17) is 5.41 Å². The van der Waals surface area contributed by atoms with Gasteiger partial charge in [-0.3, -0.25) is 20.1 Å². The van der Waals surface area contributed by atoms with Crippen LogP contribution in [0.15, 0.2) is 36.7 Å². The van der Waals surface area contributed by atoms with Crippen molar-refractivity contribution in [2.45, 2.75) is 27.2 Å². The summed E-state index contributed by atoms with van der Waals surface area (Å²) in [5.41, 5.74) is 2.23. The van der Waals surface area contributed by atoms with Crippen LogP contribution in [0.25, 0.3) is 5.70 Å². The summed E-state index contributed by atoms with van der Waals surface area (Å²) in [6.07, 6.45) is 2.39. The second-order valence-corrected chi connectivity index (χ2v) is 6.55. The van der Waals surface area contributed by atoms with Crippen LogP contribution in [0.1, 0.15) is 31.7 Å². The number of amides is 1. The largest absolute Gasteiger partial charge is 0.392 e. The number of nitrogens with one attached hydrogen (secondary N) is 3.